The fraction of sp³-hybridized carbons (Fsp3) is 0.448. The van der Waals surface area contributed by atoms with Gasteiger partial charge in [0.15, 0.2) is 31.3 Å². The average molecular weight is 681 g/mol. The Kier molecular flexibility index (Phi) is 9.48. The highest BCUT2D eigenvalue weighted by Crippen LogP contribution is 2.40. The van der Waals surface area contributed by atoms with Gasteiger partial charge < -0.3 is 33.0 Å². The van der Waals surface area contributed by atoms with E-state index in [4.69, 9.17) is 28.1 Å². The molecule has 1 aliphatic rings. The molecule has 11 heteroatoms. The van der Waals surface area contributed by atoms with Gasteiger partial charge in [0.2, 0.25) is 6.79 Å². The summed E-state index contributed by atoms with van der Waals surface area (Å²) < 4.78 is 35.0. The molecule has 3 aromatic rings. The molecule has 0 spiro atoms. The smallest absolute Gasteiger partial charge is 0.259 e. The molecule has 0 aliphatic carbocycles. The number of carbonyl (C=O) groups is 1. The molecule has 2 aromatic carbocycles. The Morgan fingerprint density at radius 2 is 1.70 bits per heavy atom. The number of methoxy groups -OCH3 is 2. The number of nitrogens with zero attached hydrogens (tertiary/aromatic N) is 2. The van der Waals surface area contributed by atoms with Gasteiger partial charge in [-0.15, -0.1) is 0 Å². The van der Waals surface area contributed by atoms with Gasteiger partial charge in [-0.05, 0) is 65.0 Å². The average Bonchev–Trinajstić information content (AvgIpc) is 3.37. The highest BCUT2D eigenvalue weighted by Gasteiger charge is 2.37. The summed E-state index contributed by atoms with van der Waals surface area (Å²) in [5.41, 5.74) is 1.88. The largest absolute Gasteiger partial charge is 0.493 e. The molecule has 0 N–H and O–H groups in total. The van der Waals surface area contributed by atoms with E-state index in [0.717, 1.165) is 8.96 Å². The van der Waals surface area contributed by atoms with Crippen LogP contribution in [0.1, 0.15) is 31.1 Å². The first-order chi connectivity index (χ1) is 19.0. The topological polar surface area (TPSA) is 88.6 Å². The number of pyridine rings is 1. The Labute approximate surface area is 250 Å². The Morgan fingerprint density at radius 1 is 1.02 bits per heavy atom. The summed E-state index contributed by atoms with van der Waals surface area (Å²) in [6.45, 7) is 12.8. The van der Waals surface area contributed by atoms with Crippen molar-refractivity contribution in [3.63, 3.8) is 0 Å². The van der Waals surface area contributed by atoms with E-state index < -0.39 is 8.32 Å². The lowest BCUT2D eigenvalue weighted by atomic mass is 10.1. The highest BCUT2D eigenvalue weighted by atomic mass is 127. The Bertz CT molecular complexity index is 1380. The number of anilines is 1. The zero-order valence-corrected chi connectivity index (χ0v) is 27.3. The van der Waals surface area contributed by atoms with Crippen molar-refractivity contribution in [3.05, 3.63) is 45.7 Å². The molecule has 0 radical (unpaired) electrons. The zero-order chi connectivity index (χ0) is 29.1. The minimum Gasteiger partial charge on any atom is -0.493 e. The second-order valence-electron chi connectivity index (χ2n) is 10.9. The number of rotatable bonds is 11. The lowest BCUT2D eigenvalue weighted by Crippen LogP contribution is -2.41. The van der Waals surface area contributed by atoms with Gasteiger partial charge in [0, 0.05) is 27.8 Å². The third-order valence-corrected chi connectivity index (χ3v) is 12.8. The molecule has 1 amide bonds. The first-order valence-electron chi connectivity index (χ1n) is 13.1. The lowest BCUT2D eigenvalue weighted by Gasteiger charge is -2.36. The minimum atomic E-state index is -1.86. The van der Waals surface area contributed by atoms with Crippen LogP contribution in [0.3, 0.4) is 0 Å². The van der Waals surface area contributed by atoms with Crippen LogP contribution in [0, 0.1) is 3.57 Å². The summed E-state index contributed by atoms with van der Waals surface area (Å²) in [6.07, 6.45) is 1.69. The normalized spacial score (nSPS) is 13.0. The molecule has 4 rings (SSSR count). The third kappa shape index (κ3) is 6.48. The van der Waals surface area contributed by atoms with E-state index in [0.29, 0.717) is 66.1 Å². The molecule has 2 heterocycles. The molecule has 0 bridgehead atoms. The van der Waals surface area contributed by atoms with Crippen molar-refractivity contribution in [1.29, 1.82) is 0 Å². The maximum atomic E-state index is 14.1. The number of hydrogen-bond donors (Lipinski definition) is 0. The van der Waals surface area contributed by atoms with Crippen LogP contribution >= 0.6 is 22.6 Å². The van der Waals surface area contributed by atoms with E-state index in [2.05, 4.69) is 61.4 Å². The summed E-state index contributed by atoms with van der Waals surface area (Å²) >= 11 is 2.15. The predicted octanol–water partition coefficient (Wildman–Crippen LogP) is 6.27. The van der Waals surface area contributed by atoms with Crippen LogP contribution in [0.15, 0.2) is 36.5 Å². The van der Waals surface area contributed by atoms with Crippen molar-refractivity contribution >= 4 is 53.4 Å². The fourth-order valence-corrected chi connectivity index (χ4v) is 5.78. The molecule has 216 valence electrons. The van der Waals surface area contributed by atoms with E-state index in [1.807, 2.05) is 18.2 Å². The molecule has 0 saturated carbocycles. The summed E-state index contributed by atoms with van der Waals surface area (Å²) in [4.78, 5) is 20.4. The number of amides is 1. The summed E-state index contributed by atoms with van der Waals surface area (Å²) in [5.74, 6) is 2.09. The molecule has 40 heavy (non-hydrogen) atoms. The van der Waals surface area contributed by atoms with Crippen LogP contribution in [0.4, 0.5) is 5.69 Å². The van der Waals surface area contributed by atoms with Gasteiger partial charge in [-0.2, -0.15) is 0 Å². The predicted molar refractivity (Wildman–Crippen MR) is 166 cm³/mol. The van der Waals surface area contributed by atoms with Crippen molar-refractivity contribution in [1.82, 2.24) is 4.98 Å². The molecule has 0 saturated heterocycles. The van der Waals surface area contributed by atoms with Gasteiger partial charge in [0.25, 0.3) is 5.91 Å². The van der Waals surface area contributed by atoms with Gasteiger partial charge in [-0.1, -0.05) is 20.8 Å². The number of hydrogen-bond acceptors (Lipinski definition) is 8. The number of halogens is 1. The molecule has 0 atom stereocenters. The lowest BCUT2D eigenvalue weighted by molar-refractivity contribution is 0.0900. The SMILES string of the molecule is COc1cc(I)c(C(=O)N(CCOCCO[Si](C)(C)C(C)(C)C)c2ccnc3cc4c(cc23)OCO4)cc1OC. The van der Waals surface area contributed by atoms with Gasteiger partial charge in [0.05, 0.1) is 50.8 Å². The van der Waals surface area contributed by atoms with Gasteiger partial charge in [-0.3, -0.25) is 9.78 Å². The third-order valence-electron chi connectivity index (χ3n) is 7.41. The summed E-state index contributed by atoms with van der Waals surface area (Å²) in [7, 11) is 1.26. The second kappa shape index (κ2) is 12.5. The summed E-state index contributed by atoms with van der Waals surface area (Å²) in [6, 6.07) is 9.03. The molecule has 0 fully saturated rings. The molecule has 0 unspecified atom stereocenters. The Hall–Kier alpha value is -2.61. The van der Waals surface area contributed by atoms with Crippen LogP contribution in [-0.2, 0) is 9.16 Å². The van der Waals surface area contributed by atoms with Crippen LogP contribution < -0.4 is 23.8 Å². The molecule has 1 aromatic heterocycles. The van der Waals surface area contributed by atoms with Crippen molar-refractivity contribution in [2.75, 3.05) is 52.3 Å². The number of carbonyl (C=O) groups excluding carboxylic acids is 1. The van der Waals surface area contributed by atoms with E-state index in [1.165, 1.54) is 0 Å². The zero-order valence-electron chi connectivity index (χ0n) is 24.1. The molecule has 1 aliphatic heterocycles. The monoisotopic (exact) mass is 680 g/mol. The van der Waals surface area contributed by atoms with Crippen molar-refractivity contribution in [2.45, 2.75) is 38.9 Å². The van der Waals surface area contributed by atoms with Gasteiger partial charge in [-0.25, -0.2) is 0 Å². The highest BCUT2D eigenvalue weighted by molar-refractivity contribution is 14.1. The van der Waals surface area contributed by atoms with Crippen molar-refractivity contribution in [2.24, 2.45) is 0 Å². The summed E-state index contributed by atoms with van der Waals surface area (Å²) in [5, 5.41) is 0.904. The van der Waals surface area contributed by atoms with Crippen molar-refractivity contribution in [3.8, 4) is 23.0 Å². The van der Waals surface area contributed by atoms with Gasteiger partial charge in [0.1, 0.15) is 0 Å². The van der Waals surface area contributed by atoms with E-state index in [9.17, 15) is 4.79 Å². The molecular weight excluding hydrogens is 643 g/mol. The Morgan fingerprint density at radius 3 is 2.38 bits per heavy atom. The van der Waals surface area contributed by atoms with Crippen LogP contribution in [0.5, 0.6) is 23.0 Å². The maximum absolute atomic E-state index is 14.1. The van der Waals surface area contributed by atoms with E-state index >= 15 is 0 Å². The van der Waals surface area contributed by atoms with Crippen LogP contribution in [0.25, 0.3) is 10.9 Å². The minimum absolute atomic E-state index is 0.129. The number of fused-ring (bicyclic) bond motifs is 2. The first kappa shape index (κ1) is 30.3. The fourth-order valence-electron chi connectivity index (χ4n) is 4.08. The maximum Gasteiger partial charge on any atom is 0.259 e. The Balaban J connectivity index is 1.61. The number of benzene rings is 2. The van der Waals surface area contributed by atoms with E-state index in [1.54, 1.807) is 37.4 Å². The van der Waals surface area contributed by atoms with Crippen molar-refractivity contribution < 1.29 is 32.9 Å². The quantitative estimate of drug-likeness (QED) is 0.133. The molecule has 9 nitrogen and oxygen atoms in total. The number of ether oxygens (including phenoxy) is 5. The van der Waals surface area contributed by atoms with Gasteiger partial charge >= 0.3 is 0 Å². The second-order valence-corrected chi connectivity index (χ2v) is 16.9. The first-order valence-corrected chi connectivity index (χ1v) is 17.1. The standard InChI is InChI=1S/C29H37IN2O7Si/c1-29(2,3)40(6,7)39-13-12-36-11-10-32(28(33)19-14-24(34-4)25(35-5)16-21(19)30)23-8-9-31-22-17-27-26(15-20(22)23)37-18-38-27/h8-9,14-17H,10-13,18H2,1-7H3. The van der Waals surface area contributed by atoms with E-state index in [-0.39, 0.29) is 17.7 Å². The number of aromatic nitrogens is 1. The molecular formula is C29H37IN2O7Si. The van der Waals surface area contributed by atoms with Crippen LogP contribution in [0.2, 0.25) is 18.1 Å². The van der Waals surface area contributed by atoms with Crippen LogP contribution in [-0.4, -0.2) is 66.6 Å².